The van der Waals surface area contributed by atoms with E-state index in [9.17, 15) is 4.79 Å². The molecule has 0 fully saturated rings. The van der Waals surface area contributed by atoms with E-state index < -0.39 is 0 Å². The van der Waals surface area contributed by atoms with Crippen LogP contribution in [0.3, 0.4) is 0 Å². The summed E-state index contributed by atoms with van der Waals surface area (Å²) in [6.07, 6.45) is 0.919. The highest BCUT2D eigenvalue weighted by molar-refractivity contribution is 5.81. The first-order valence-corrected chi connectivity index (χ1v) is 8.97. The average molecular weight is 352 g/mol. The Bertz CT molecular complexity index is 989. The maximum Gasteiger partial charge on any atom is 0.336 e. The van der Waals surface area contributed by atoms with Crippen LogP contribution in [0.1, 0.15) is 27.8 Å². The van der Waals surface area contributed by atoms with Gasteiger partial charge in [-0.1, -0.05) is 17.7 Å². The van der Waals surface area contributed by atoms with Crippen LogP contribution < -0.4 is 15.7 Å². The minimum atomic E-state index is -0.287. The molecule has 3 rings (SSSR count). The molecular weight excluding hydrogens is 326 g/mol. The Morgan fingerprint density at radius 2 is 1.77 bits per heavy atom. The second-order valence-electron chi connectivity index (χ2n) is 6.87. The summed E-state index contributed by atoms with van der Waals surface area (Å²) in [6.45, 7) is 7.87. The zero-order valence-corrected chi connectivity index (χ0v) is 15.9. The van der Waals surface area contributed by atoms with Gasteiger partial charge in [-0.25, -0.2) is 4.79 Å². The van der Waals surface area contributed by atoms with Crippen molar-refractivity contribution in [2.45, 2.75) is 33.7 Å². The van der Waals surface area contributed by atoms with E-state index >= 15 is 0 Å². The number of aryl methyl sites for hydroxylation is 3. The van der Waals surface area contributed by atoms with Crippen LogP contribution in [0.4, 0.5) is 0 Å². The largest absolute Gasteiger partial charge is 0.496 e. The number of quaternary nitrogens is 1. The number of ether oxygens (including phenoxy) is 1. The molecule has 0 saturated carbocycles. The van der Waals surface area contributed by atoms with Crippen molar-refractivity contribution in [2.75, 3.05) is 13.7 Å². The number of methoxy groups -OCH3 is 1. The summed E-state index contributed by atoms with van der Waals surface area (Å²) in [7, 11) is 1.71. The summed E-state index contributed by atoms with van der Waals surface area (Å²) in [5.41, 5.74) is 6.20. The predicted octanol–water partition coefficient (Wildman–Crippen LogP) is 3.03. The SMILES string of the molecule is COc1ccc(C)cc1CC[NH2+]Cc1cc(=O)oc2cc(C)c(C)cc12. The van der Waals surface area contributed by atoms with Gasteiger partial charge in [0.05, 0.1) is 13.7 Å². The van der Waals surface area contributed by atoms with Gasteiger partial charge in [-0.3, -0.25) is 0 Å². The highest BCUT2D eigenvalue weighted by Crippen LogP contribution is 2.21. The van der Waals surface area contributed by atoms with Crippen molar-refractivity contribution in [3.05, 3.63) is 74.6 Å². The minimum absolute atomic E-state index is 0.287. The molecule has 2 aromatic carbocycles. The van der Waals surface area contributed by atoms with E-state index in [4.69, 9.17) is 9.15 Å². The van der Waals surface area contributed by atoms with Gasteiger partial charge in [0.2, 0.25) is 0 Å². The summed E-state index contributed by atoms with van der Waals surface area (Å²) in [5.74, 6) is 0.931. The van der Waals surface area contributed by atoms with Gasteiger partial charge in [0.25, 0.3) is 0 Å². The lowest BCUT2D eigenvalue weighted by Gasteiger charge is -2.10. The Labute approximate surface area is 153 Å². The molecule has 0 radical (unpaired) electrons. The van der Waals surface area contributed by atoms with E-state index in [-0.39, 0.29) is 5.63 Å². The number of nitrogens with two attached hydrogens (primary N) is 1. The van der Waals surface area contributed by atoms with Crippen LogP contribution >= 0.6 is 0 Å². The molecule has 0 aliphatic carbocycles. The molecule has 1 heterocycles. The fourth-order valence-corrected chi connectivity index (χ4v) is 3.27. The second-order valence-corrected chi connectivity index (χ2v) is 6.87. The lowest BCUT2D eigenvalue weighted by atomic mass is 10.0. The van der Waals surface area contributed by atoms with Crippen molar-refractivity contribution in [1.29, 1.82) is 0 Å². The third-order valence-electron chi connectivity index (χ3n) is 4.86. The van der Waals surface area contributed by atoms with Crippen LogP contribution in [-0.2, 0) is 13.0 Å². The van der Waals surface area contributed by atoms with Gasteiger partial charge in [0.1, 0.15) is 17.9 Å². The molecule has 4 heteroatoms. The van der Waals surface area contributed by atoms with Gasteiger partial charge in [-0.2, -0.15) is 0 Å². The Morgan fingerprint density at radius 3 is 2.54 bits per heavy atom. The van der Waals surface area contributed by atoms with Crippen molar-refractivity contribution in [3.63, 3.8) is 0 Å². The van der Waals surface area contributed by atoms with Crippen LogP contribution in [0.5, 0.6) is 5.75 Å². The summed E-state index contributed by atoms with van der Waals surface area (Å²) in [4.78, 5) is 11.9. The topological polar surface area (TPSA) is 56.0 Å². The lowest BCUT2D eigenvalue weighted by molar-refractivity contribution is -0.670. The summed E-state index contributed by atoms with van der Waals surface area (Å²) >= 11 is 0. The monoisotopic (exact) mass is 352 g/mol. The van der Waals surface area contributed by atoms with Gasteiger partial charge < -0.3 is 14.5 Å². The van der Waals surface area contributed by atoms with E-state index in [1.54, 1.807) is 13.2 Å². The van der Waals surface area contributed by atoms with Gasteiger partial charge >= 0.3 is 5.63 Å². The fourth-order valence-electron chi connectivity index (χ4n) is 3.27. The molecule has 26 heavy (non-hydrogen) atoms. The Hall–Kier alpha value is -2.59. The molecule has 1 aromatic heterocycles. The van der Waals surface area contributed by atoms with Crippen LogP contribution in [-0.4, -0.2) is 13.7 Å². The molecule has 0 aliphatic heterocycles. The zero-order valence-electron chi connectivity index (χ0n) is 15.9. The van der Waals surface area contributed by atoms with Gasteiger partial charge in [-0.05, 0) is 55.7 Å². The molecule has 4 nitrogen and oxygen atoms in total. The lowest BCUT2D eigenvalue weighted by Crippen LogP contribution is -2.83. The van der Waals surface area contributed by atoms with E-state index in [0.717, 1.165) is 41.8 Å². The van der Waals surface area contributed by atoms with Crippen molar-refractivity contribution >= 4 is 11.0 Å². The Kier molecular flexibility index (Phi) is 5.43. The highest BCUT2D eigenvalue weighted by atomic mass is 16.5. The molecule has 0 saturated heterocycles. The standard InChI is InChI=1S/C22H25NO3/c1-14-5-6-20(25-4)17(9-14)7-8-23-13-18-12-22(24)26-21-11-16(3)15(2)10-19(18)21/h5-6,9-12,23H,7-8,13H2,1-4H3/p+1. The first kappa shape index (κ1) is 18.2. The number of rotatable bonds is 6. The van der Waals surface area contributed by atoms with E-state index in [1.807, 2.05) is 19.1 Å². The Balaban J connectivity index is 1.73. The highest BCUT2D eigenvalue weighted by Gasteiger charge is 2.10. The molecule has 0 spiro atoms. The first-order valence-electron chi connectivity index (χ1n) is 8.97. The maximum atomic E-state index is 11.9. The van der Waals surface area contributed by atoms with Crippen molar-refractivity contribution < 1.29 is 14.5 Å². The Morgan fingerprint density at radius 1 is 1.00 bits per heavy atom. The van der Waals surface area contributed by atoms with Gasteiger partial charge in [-0.15, -0.1) is 0 Å². The van der Waals surface area contributed by atoms with E-state index in [0.29, 0.717) is 5.58 Å². The summed E-state index contributed by atoms with van der Waals surface area (Å²) in [6, 6.07) is 11.9. The number of hydrogen-bond donors (Lipinski definition) is 1. The summed E-state index contributed by atoms with van der Waals surface area (Å²) in [5, 5.41) is 3.25. The van der Waals surface area contributed by atoms with Crippen LogP contribution in [0.2, 0.25) is 0 Å². The molecule has 0 atom stereocenters. The molecule has 0 bridgehead atoms. The normalized spacial score (nSPS) is 11.1. The molecule has 0 aliphatic rings. The summed E-state index contributed by atoms with van der Waals surface area (Å²) < 4.78 is 10.8. The molecule has 0 unspecified atom stereocenters. The van der Waals surface area contributed by atoms with Crippen molar-refractivity contribution in [1.82, 2.24) is 0 Å². The zero-order chi connectivity index (χ0) is 18.7. The van der Waals surface area contributed by atoms with Gasteiger partial charge in [0.15, 0.2) is 0 Å². The number of hydrogen-bond acceptors (Lipinski definition) is 3. The fraction of sp³-hybridized carbons (Fsp3) is 0.318. The molecular formula is C22H26NO3+. The molecule has 2 N–H and O–H groups in total. The molecule has 136 valence electrons. The van der Waals surface area contributed by atoms with Crippen LogP contribution in [0.15, 0.2) is 45.6 Å². The minimum Gasteiger partial charge on any atom is -0.496 e. The second kappa shape index (κ2) is 7.75. The van der Waals surface area contributed by atoms with Crippen molar-refractivity contribution in [3.8, 4) is 5.75 Å². The quantitative estimate of drug-likeness (QED) is 0.548. The number of benzene rings is 2. The third kappa shape index (κ3) is 3.97. The van der Waals surface area contributed by atoms with Gasteiger partial charge in [0, 0.05) is 23.4 Å². The van der Waals surface area contributed by atoms with Crippen LogP contribution in [0, 0.1) is 20.8 Å². The van der Waals surface area contributed by atoms with E-state index in [2.05, 4.69) is 37.4 Å². The average Bonchev–Trinajstić information content (AvgIpc) is 2.60. The van der Waals surface area contributed by atoms with Crippen LogP contribution in [0.25, 0.3) is 11.0 Å². The smallest absolute Gasteiger partial charge is 0.336 e. The third-order valence-corrected chi connectivity index (χ3v) is 4.86. The predicted molar refractivity (Wildman–Crippen MR) is 104 cm³/mol. The first-order chi connectivity index (χ1) is 12.5. The number of fused-ring (bicyclic) bond motifs is 1. The molecule has 0 amide bonds. The molecule has 3 aromatic rings. The van der Waals surface area contributed by atoms with Crippen molar-refractivity contribution in [2.24, 2.45) is 0 Å². The van der Waals surface area contributed by atoms with E-state index in [1.165, 1.54) is 16.7 Å². The maximum absolute atomic E-state index is 11.9.